The molecule has 12 nitrogen and oxygen atoms in total. The van der Waals surface area contributed by atoms with Crippen LogP contribution in [-0.4, -0.2) is 82.2 Å². The molecule has 1 aliphatic heterocycles. The predicted octanol–water partition coefficient (Wildman–Crippen LogP) is 4.62. The van der Waals surface area contributed by atoms with Gasteiger partial charge in [-0.1, -0.05) is 61.5 Å². The van der Waals surface area contributed by atoms with Crippen molar-refractivity contribution < 1.29 is 39.5 Å². The van der Waals surface area contributed by atoms with Crippen LogP contribution in [0.2, 0.25) is 0 Å². The number of hydrogen-bond acceptors (Lipinski definition) is 9. The number of rotatable bonds is 9. The quantitative estimate of drug-likeness (QED) is 0.157. The standard InChI is InChI=1S/C39H38N4O8/c1-4-9-30-41-31-21(2)18-24(36-40-27-12-7-8-13-28(27)42(36)3)19-29(31)43(30)20-22-14-16-23(17-15-22)25-10-5-6-11-26(25)38(49)51-39-34(46)32(44)33(45)35(50-39)37(47)48/h5-8,10-19,32-35,39,44-46H,4,9,20H2,1-3H3,(H,47,48)/t32-,33-,34+,35-,39-/m0/s1. The Morgan fingerprint density at radius 3 is 2.31 bits per heavy atom. The number of aliphatic hydroxyl groups excluding tert-OH is 3. The van der Waals surface area contributed by atoms with Gasteiger partial charge in [0, 0.05) is 25.6 Å². The van der Waals surface area contributed by atoms with Crippen molar-refractivity contribution in [2.45, 2.75) is 63.9 Å². The number of aliphatic hydroxyl groups is 3. The van der Waals surface area contributed by atoms with Crippen LogP contribution in [0.4, 0.5) is 0 Å². The number of nitrogens with zero attached hydrogens (tertiary/aromatic N) is 4. The van der Waals surface area contributed by atoms with E-state index in [9.17, 15) is 30.0 Å². The lowest BCUT2D eigenvalue weighted by Gasteiger charge is -2.38. The predicted molar refractivity (Wildman–Crippen MR) is 189 cm³/mol. The number of aliphatic carboxylic acids is 1. The van der Waals surface area contributed by atoms with Crippen LogP contribution < -0.4 is 0 Å². The van der Waals surface area contributed by atoms with Gasteiger partial charge in [0.1, 0.15) is 30.0 Å². The highest BCUT2D eigenvalue weighted by atomic mass is 16.7. The van der Waals surface area contributed by atoms with Crippen molar-refractivity contribution in [1.29, 1.82) is 0 Å². The number of carboxylic acids is 1. The van der Waals surface area contributed by atoms with E-state index >= 15 is 0 Å². The van der Waals surface area contributed by atoms with Crippen molar-refractivity contribution >= 4 is 34.0 Å². The second-order valence-corrected chi connectivity index (χ2v) is 12.9. The number of carbonyl (C=O) groups excluding carboxylic acids is 1. The molecule has 0 radical (unpaired) electrons. The molecule has 1 aliphatic rings. The molecule has 2 aromatic heterocycles. The maximum absolute atomic E-state index is 13.3. The number of fused-ring (bicyclic) bond motifs is 2. The molecule has 51 heavy (non-hydrogen) atoms. The molecule has 0 saturated carbocycles. The number of para-hydroxylation sites is 2. The number of hydrogen-bond donors (Lipinski definition) is 4. The number of esters is 1. The molecule has 4 aromatic carbocycles. The lowest BCUT2D eigenvalue weighted by Crippen LogP contribution is -2.60. The second-order valence-electron chi connectivity index (χ2n) is 12.9. The third kappa shape index (κ3) is 6.27. The molecule has 0 aliphatic carbocycles. The van der Waals surface area contributed by atoms with Gasteiger partial charge < -0.3 is 39.0 Å². The first kappa shape index (κ1) is 34.1. The molecule has 3 heterocycles. The summed E-state index contributed by atoms with van der Waals surface area (Å²) in [6.45, 7) is 4.78. The van der Waals surface area contributed by atoms with E-state index in [0.717, 1.165) is 68.8 Å². The Kier molecular flexibility index (Phi) is 9.17. The van der Waals surface area contributed by atoms with Gasteiger partial charge >= 0.3 is 11.9 Å². The maximum Gasteiger partial charge on any atom is 0.341 e. The topological polar surface area (TPSA) is 169 Å². The highest BCUT2D eigenvalue weighted by Gasteiger charge is 2.48. The Morgan fingerprint density at radius 1 is 0.863 bits per heavy atom. The molecule has 12 heteroatoms. The largest absolute Gasteiger partial charge is 0.479 e. The number of imidazole rings is 2. The van der Waals surface area contributed by atoms with Crippen LogP contribution in [0.5, 0.6) is 0 Å². The van der Waals surface area contributed by atoms with E-state index in [4.69, 9.17) is 19.4 Å². The minimum Gasteiger partial charge on any atom is -0.479 e. The summed E-state index contributed by atoms with van der Waals surface area (Å²) in [5.74, 6) is -0.595. The van der Waals surface area contributed by atoms with E-state index in [1.54, 1.807) is 24.3 Å². The third-order valence-electron chi connectivity index (χ3n) is 9.43. The van der Waals surface area contributed by atoms with Gasteiger partial charge in [-0.25, -0.2) is 19.6 Å². The van der Waals surface area contributed by atoms with E-state index < -0.39 is 42.6 Å². The number of aromatic nitrogens is 4. The fourth-order valence-corrected chi connectivity index (χ4v) is 6.77. The first-order valence-corrected chi connectivity index (χ1v) is 16.8. The summed E-state index contributed by atoms with van der Waals surface area (Å²) in [7, 11) is 2.03. The van der Waals surface area contributed by atoms with E-state index in [1.807, 2.05) is 49.5 Å². The van der Waals surface area contributed by atoms with E-state index in [0.29, 0.717) is 12.1 Å². The van der Waals surface area contributed by atoms with Crippen molar-refractivity contribution in [3.05, 3.63) is 107 Å². The second kappa shape index (κ2) is 13.7. The first-order valence-electron chi connectivity index (χ1n) is 16.8. The van der Waals surface area contributed by atoms with Crippen LogP contribution in [-0.2, 0) is 34.3 Å². The highest BCUT2D eigenvalue weighted by molar-refractivity contribution is 5.97. The van der Waals surface area contributed by atoms with Gasteiger partial charge in [0.05, 0.1) is 27.6 Å². The smallest absolute Gasteiger partial charge is 0.341 e. The summed E-state index contributed by atoms with van der Waals surface area (Å²) in [6.07, 6.45) is -7.60. The zero-order valence-electron chi connectivity index (χ0n) is 28.3. The SMILES string of the molecule is CCCc1nc2c(C)cc(-c3nc4ccccc4n3C)cc2n1Cc1ccc(-c2ccccc2C(=O)O[C@@H]2O[C@H](C(=O)O)[C@@H](O)[C@H](O)[C@H]2O)cc1. The van der Waals surface area contributed by atoms with Crippen LogP contribution in [0.25, 0.3) is 44.6 Å². The van der Waals surface area contributed by atoms with Gasteiger partial charge in [0.15, 0.2) is 6.10 Å². The van der Waals surface area contributed by atoms with Gasteiger partial charge in [-0.3, -0.25) is 0 Å². The number of aryl methyl sites for hydroxylation is 3. The number of carbonyl (C=O) groups is 2. The Bertz CT molecular complexity index is 2260. The van der Waals surface area contributed by atoms with Crippen LogP contribution in [0.15, 0.2) is 84.9 Å². The van der Waals surface area contributed by atoms with E-state index in [1.165, 1.54) is 0 Å². The maximum atomic E-state index is 13.3. The van der Waals surface area contributed by atoms with Crippen molar-refractivity contribution in [3.63, 3.8) is 0 Å². The summed E-state index contributed by atoms with van der Waals surface area (Å²) in [5, 5.41) is 39.8. The Balaban J connectivity index is 1.17. The lowest BCUT2D eigenvalue weighted by molar-refractivity contribution is -0.278. The summed E-state index contributed by atoms with van der Waals surface area (Å²) < 4.78 is 14.8. The molecule has 1 fully saturated rings. The zero-order chi connectivity index (χ0) is 36.0. The number of benzene rings is 4. The fraction of sp³-hybridized carbons (Fsp3) is 0.282. The molecule has 6 aromatic rings. The molecule has 0 bridgehead atoms. The molecule has 0 amide bonds. The molecule has 0 spiro atoms. The molecular weight excluding hydrogens is 652 g/mol. The van der Waals surface area contributed by atoms with E-state index in [-0.39, 0.29) is 5.56 Å². The molecule has 5 atom stereocenters. The van der Waals surface area contributed by atoms with Gasteiger partial charge in [-0.15, -0.1) is 0 Å². The molecule has 0 unspecified atom stereocenters. The minimum absolute atomic E-state index is 0.143. The highest BCUT2D eigenvalue weighted by Crippen LogP contribution is 2.32. The van der Waals surface area contributed by atoms with E-state index in [2.05, 4.69) is 41.2 Å². The molecule has 1 saturated heterocycles. The van der Waals surface area contributed by atoms with Crippen LogP contribution >= 0.6 is 0 Å². The van der Waals surface area contributed by atoms with Crippen molar-refractivity contribution in [2.24, 2.45) is 7.05 Å². The number of carboxylic acid groups (broad SMARTS) is 1. The molecule has 262 valence electrons. The molecule has 7 rings (SSSR count). The first-order chi connectivity index (χ1) is 24.5. The third-order valence-corrected chi connectivity index (χ3v) is 9.43. The van der Waals surface area contributed by atoms with Crippen molar-refractivity contribution in [2.75, 3.05) is 0 Å². The fourth-order valence-electron chi connectivity index (χ4n) is 6.77. The average molecular weight is 691 g/mol. The van der Waals surface area contributed by atoms with Crippen LogP contribution in [0, 0.1) is 6.92 Å². The van der Waals surface area contributed by atoms with Gasteiger partial charge in [0.2, 0.25) is 6.29 Å². The summed E-state index contributed by atoms with van der Waals surface area (Å²) in [6, 6.07) is 26.9. The van der Waals surface area contributed by atoms with Gasteiger partial charge in [-0.2, -0.15) is 0 Å². The van der Waals surface area contributed by atoms with Crippen LogP contribution in [0.3, 0.4) is 0 Å². The summed E-state index contributed by atoms with van der Waals surface area (Å²) >= 11 is 0. The zero-order valence-corrected chi connectivity index (χ0v) is 28.3. The summed E-state index contributed by atoms with van der Waals surface area (Å²) in [5.41, 5.74) is 8.48. The Hall–Kier alpha value is -5.40. The van der Waals surface area contributed by atoms with Crippen molar-refractivity contribution in [3.8, 4) is 22.5 Å². The normalized spacial score (nSPS) is 20.5. The Labute approximate surface area is 293 Å². The lowest BCUT2D eigenvalue weighted by atomic mass is 9.98. The number of ether oxygens (including phenoxy) is 2. The van der Waals surface area contributed by atoms with Crippen LogP contribution in [0.1, 0.15) is 40.7 Å². The van der Waals surface area contributed by atoms with Gasteiger partial charge in [-0.05, 0) is 65.9 Å². The van der Waals surface area contributed by atoms with Gasteiger partial charge in [0.25, 0.3) is 0 Å². The van der Waals surface area contributed by atoms with Crippen molar-refractivity contribution in [1.82, 2.24) is 19.1 Å². The average Bonchev–Trinajstić information content (AvgIpc) is 3.65. The Morgan fingerprint density at radius 2 is 1.59 bits per heavy atom. The minimum atomic E-state index is -1.90. The molecular formula is C39H38N4O8. The summed E-state index contributed by atoms with van der Waals surface area (Å²) in [4.78, 5) is 34.8. The molecule has 4 N–H and O–H groups in total. The monoisotopic (exact) mass is 690 g/mol.